The van der Waals surface area contributed by atoms with Crippen LogP contribution in [-0.2, 0) is 14.3 Å². The largest absolute Gasteiger partial charge is 0.461 e. The van der Waals surface area contributed by atoms with Crippen molar-refractivity contribution in [2.45, 2.75) is 45.1 Å². The summed E-state index contributed by atoms with van der Waals surface area (Å²) < 4.78 is 5.29. The fraction of sp³-hybridized carbons (Fsp3) is 0.667. The number of carbonyl (C=O) groups is 2. The van der Waals surface area contributed by atoms with Crippen molar-refractivity contribution in [2.75, 3.05) is 6.54 Å². The van der Waals surface area contributed by atoms with Crippen molar-refractivity contribution in [3.63, 3.8) is 0 Å². The van der Waals surface area contributed by atoms with Gasteiger partial charge in [0.1, 0.15) is 12.6 Å². The zero-order valence-electron chi connectivity index (χ0n) is 9.70. The van der Waals surface area contributed by atoms with E-state index in [1.54, 1.807) is 0 Å². The molecule has 90 valence electrons. The Kier molecular flexibility index (Phi) is 5.61. The first-order valence-corrected chi connectivity index (χ1v) is 5.77. The number of allylic oxidation sites excluding steroid dienone is 2. The second-order valence-electron chi connectivity index (χ2n) is 4.00. The third-order valence-corrected chi connectivity index (χ3v) is 2.50. The lowest BCUT2D eigenvalue weighted by molar-refractivity contribution is -0.149. The molecule has 1 N–H and O–H groups in total. The number of esters is 1. The SMILES string of the molecule is CC(=O)NCC(=O)OC1CC/C=C\CCC1. The zero-order chi connectivity index (χ0) is 11.8. The molecule has 1 unspecified atom stereocenters. The van der Waals surface area contributed by atoms with Gasteiger partial charge in [-0.15, -0.1) is 0 Å². The second-order valence-corrected chi connectivity index (χ2v) is 4.00. The number of ether oxygens (including phenoxy) is 1. The van der Waals surface area contributed by atoms with Crippen LogP contribution in [0.5, 0.6) is 0 Å². The minimum absolute atomic E-state index is 0.00575. The summed E-state index contributed by atoms with van der Waals surface area (Å²) >= 11 is 0. The minimum Gasteiger partial charge on any atom is -0.461 e. The Balaban J connectivity index is 2.26. The average molecular weight is 225 g/mol. The summed E-state index contributed by atoms with van der Waals surface area (Å²) in [6, 6.07) is 0. The molecule has 0 aromatic rings. The molecule has 4 heteroatoms. The fourth-order valence-electron chi connectivity index (χ4n) is 1.67. The van der Waals surface area contributed by atoms with Gasteiger partial charge >= 0.3 is 5.97 Å². The van der Waals surface area contributed by atoms with Crippen molar-refractivity contribution < 1.29 is 14.3 Å². The molecule has 0 fully saturated rings. The van der Waals surface area contributed by atoms with Gasteiger partial charge in [-0.2, -0.15) is 0 Å². The van der Waals surface area contributed by atoms with E-state index in [-0.39, 0.29) is 24.5 Å². The van der Waals surface area contributed by atoms with Gasteiger partial charge in [-0.25, -0.2) is 0 Å². The molecule has 16 heavy (non-hydrogen) atoms. The predicted octanol–water partition coefficient (Wildman–Crippen LogP) is 1.55. The lowest BCUT2D eigenvalue weighted by Gasteiger charge is -2.18. The van der Waals surface area contributed by atoms with Crippen LogP contribution in [0.15, 0.2) is 12.2 Å². The summed E-state index contributed by atoms with van der Waals surface area (Å²) in [5, 5.41) is 2.44. The standard InChI is InChI=1S/C12H19NO3/c1-10(14)13-9-12(15)16-11-7-5-3-2-4-6-8-11/h2-3,11H,4-9H2,1H3,(H,13,14)/b3-2-. The van der Waals surface area contributed by atoms with E-state index >= 15 is 0 Å². The van der Waals surface area contributed by atoms with E-state index in [9.17, 15) is 9.59 Å². The first-order chi connectivity index (χ1) is 7.68. The number of carbonyl (C=O) groups excluding carboxylic acids is 2. The van der Waals surface area contributed by atoms with Gasteiger partial charge in [0.2, 0.25) is 5.91 Å². The van der Waals surface area contributed by atoms with Crippen LogP contribution in [0.25, 0.3) is 0 Å². The predicted molar refractivity (Wildman–Crippen MR) is 60.8 cm³/mol. The molecule has 0 aliphatic heterocycles. The Morgan fingerprint density at radius 2 is 2.06 bits per heavy atom. The Morgan fingerprint density at radius 1 is 1.31 bits per heavy atom. The molecular formula is C12H19NO3. The molecule has 0 aromatic heterocycles. The second kappa shape index (κ2) is 7.04. The Bertz CT molecular complexity index is 273. The van der Waals surface area contributed by atoms with Crippen LogP contribution < -0.4 is 5.32 Å². The molecule has 0 saturated carbocycles. The summed E-state index contributed by atoms with van der Waals surface area (Å²) in [6.45, 7) is 1.36. The Morgan fingerprint density at radius 3 is 2.81 bits per heavy atom. The molecule has 1 aliphatic rings. The molecule has 1 rings (SSSR count). The highest BCUT2D eigenvalue weighted by atomic mass is 16.5. The van der Waals surface area contributed by atoms with Gasteiger partial charge in [0.25, 0.3) is 0 Å². The van der Waals surface area contributed by atoms with E-state index < -0.39 is 0 Å². The molecule has 0 spiro atoms. The van der Waals surface area contributed by atoms with E-state index in [2.05, 4.69) is 17.5 Å². The molecule has 0 radical (unpaired) electrons. The van der Waals surface area contributed by atoms with Crippen molar-refractivity contribution in [3.05, 3.63) is 12.2 Å². The van der Waals surface area contributed by atoms with Gasteiger partial charge in [0.05, 0.1) is 0 Å². The lowest BCUT2D eigenvalue weighted by Crippen LogP contribution is -2.31. The van der Waals surface area contributed by atoms with Crippen molar-refractivity contribution in [1.29, 1.82) is 0 Å². The molecular weight excluding hydrogens is 206 g/mol. The number of rotatable bonds is 3. The molecule has 0 heterocycles. The summed E-state index contributed by atoms with van der Waals surface area (Å²) in [7, 11) is 0. The maximum atomic E-state index is 11.4. The summed E-state index contributed by atoms with van der Waals surface area (Å²) in [6.07, 6.45) is 9.17. The Hall–Kier alpha value is -1.32. The topological polar surface area (TPSA) is 55.4 Å². The first kappa shape index (κ1) is 12.7. The quantitative estimate of drug-likeness (QED) is 0.585. The van der Waals surface area contributed by atoms with Crippen LogP contribution in [0.3, 0.4) is 0 Å². The van der Waals surface area contributed by atoms with E-state index in [0.717, 1.165) is 32.1 Å². The molecule has 0 aromatic carbocycles. The van der Waals surface area contributed by atoms with Gasteiger partial charge in [-0.05, 0) is 32.1 Å². The van der Waals surface area contributed by atoms with Crippen LogP contribution in [0.1, 0.15) is 39.0 Å². The Labute approximate surface area is 96.0 Å². The molecule has 1 aliphatic carbocycles. The molecule has 1 atom stereocenters. The van der Waals surface area contributed by atoms with Crippen molar-refractivity contribution >= 4 is 11.9 Å². The maximum absolute atomic E-state index is 11.4. The van der Waals surface area contributed by atoms with Gasteiger partial charge in [-0.3, -0.25) is 9.59 Å². The van der Waals surface area contributed by atoms with Crippen LogP contribution in [0.4, 0.5) is 0 Å². The third kappa shape index (κ3) is 5.53. The first-order valence-electron chi connectivity index (χ1n) is 5.77. The van der Waals surface area contributed by atoms with E-state index in [1.165, 1.54) is 6.92 Å². The molecule has 0 saturated heterocycles. The van der Waals surface area contributed by atoms with Crippen molar-refractivity contribution in [2.24, 2.45) is 0 Å². The smallest absolute Gasteiger partial charge is 0.325 e. The average Bonchev–Trinajstić information content (AvgIpc) is 2.19. The summed E-state index contributed by atoms with van der Waals surface area (Å²) in [5.41, 5.74) is 0. The zero-order valence-corrected chi connectivity index (χ0v) is 9.70. The van der Waals surface area contributed by atoms with Gasteiger partial charge in [0, 0.05) is 6.92 Å². The van der Waals surface area contributed by atoms with Crippen LogP contribution in [-0.4, -0.2) is 24.5 Å². The number of amides is 1. The molecule has 4 nitrogen and oxygen atoms in total. The highest BCUT2D eigenvalue weighted by Crippen LogP contribution is 2.15. The number of hydrogen-bond donors (Lipinski definition) is 1. The van der Waals surface area contributed by atoms with Crippen LogP contribution in [0, 0.1) is 0 Å². The third-order valence-electron chi connectivity index (χ3n) is 2.50. The maximum Gasteiger partial charge on any atom is 0.325 e. The van der Waals surface area contributed by atoms with Gasteiger partial charge in [0.15, 0.2) is 0 Å². The lowest BCUT2D eigenvalue weighted by atomic mass is 10.0. The van der Waals surface area contributed by atoms with Crippen LogP contribution >= 0.6 is 0 Å². The molecule has 1 amide bonds. The van der Waals surface area contributed by atoms with Crippen molar-refractivity contribution in [1.82, 2.24) is 5.32 Å². The normalized spacial score (nSPS) is 22.7. The minimum atomic E-state index is -0.343. The highest BCUT2D eigenvalue weighted by Gasteiger charge is 2.14. The van der Waals surface area contributed by atoms with E-state index in [4.69, 9.17) is 4.74 Å². The highest BCUT2D eigenvalue weighted by molar-refractivity contribution is 5.80. The van der Waals surface area contributed by atoms with Gasteiger partial charge in [-0.1, -0.05) is 12.2 Å². The monoisotopic (exact) mass is 225 g/mol. The van der Waals surface area contributed by atoms with Crippen molar-refractivity contribution in [3.8, 4) is 0 Å². The van der Waals surface area contributed by atoms with E-state index in [0.29, 0.717) is 0 Å². The summed E-state index contributed by atoms with van der Waals surface area (Å²) in [4.78, 5) is 22.0. The van der Waals surface area contributed by atoms with Gasteiger partial charge < -0.3 is 10.1 Å². The fourth-order valence-corrected chi connectivity index (χ4v) is 1.67. The summed E-state index contributed by atoms with van der Waals surface area (Å²) in [5.74, 6) is -0.553. The molecule has 0 bridgehead atoms. The number of hydrogen-bond acceptors (Lipinski definition) is 3. The van der Waals surface area contributed by atoms with Crippen LogP contribution in [0.2, 0.25) is 0 Å². The van der Waals surface area contributed by atoms with E-state index in [1.807, 2.05) is 0 Å². The number of nitrogens with one attached hydrogen (secondary N) is 1.